The van der Waals surface area contributed by atoms with E-state index in [4.69, 9.17) is 9.47 Å². The van der Waals surface area contributed by atoms with E-state index in [1.165, 1.54) is 16.3 Å². The van der Waals surface area contributed by atoms with Crippen LogP contribution < -0.4 is 9.47 Å². The van der Waals surface area contributed by atoms with Crippen LogP contribution in [0.5, 0.6) is 11.5 Å². The van der Waals surface area contributed by atoms with Crippen LogP contribution in [0.2, 0.25) is 0 Å². The van der Waals surface area contributed by atoms with Crippen LogP contribution >= 0.6 is 0 Å². The van der Waals surface area contributed by atoms with Crippen molar-refractivity contribution in [1.29, 1.82) is 0 Å². The molecule has 27 heavy (non-hydrogen) atoms. The van der Waals surface area contributed by atoms with Gasteiger partial charge in [-0.1, -0.05) is 48.5 Å². The van der Waals surface area contributed by atoms with Crippen molar-refractivity contribution in [3.8, 4) is 11.5 Å². The SMILES string of the molecule is O=C(Cc1cccc2ccccc12)N1CCC(c2ccc3c(c2)OCO3)C1. The van der Waals surface area contributed by atoms with Crippen LogP contribution in [-0.2, 0) is 11.2 Å². The van der Waals surface area contributed by atoms with Gasteiger partial charge >= 0.3 is 0 Å². The van der Waals surface area contributed by atoms with E-state index in [-0.39, 0.29) is 5.91 Å². The summed E-state index contributed by atoms with van der Waals surface area (Å²) in [5.41, 5.74) is 2.32. The van der Waals surface area contributed by atoms with E-state index in [9.17, 15) is 4.79 Å². The Morgan fingerprint density at radius 1 is 1.00 bits per heavy atom. The molecule has 1 amide bonds. The molecule has 0 N–H and O–H groups in total. The van der Waals surface area contributed by atoms with Crippen LogP contribution in [0.3, 0.4) is 0 Å². The lowest BCUT2D eigenvalue weighted by atomic mass is 9.98. The number of ether oxygens (including phenoxy) is 2. The molecule has 3 aromatic rings. The molecule has 1 unspecified atom stereocenters. The van der Waals surface area contributed by atoms with Crippen molar-refractivity contribution in [2.75, 3.05) is 19.9 Å². The Bertz CT molecular complexity index is 1010. The molecule has 0 saturated carbocycles. The van der Waals surface area contributed by atoms with Crippen molar-refractivity contribution < 1.29 is 14.3 Å². The fourth-order valence-electron chi connectivity index (χ4n) is 4.15. The summed E-state index contributed by atoms with van der Waals surface area (Å²) in [5, 5.41) is 2.35. The van der Waals surface area contributed by atoms with Gasteiger partial charge in [-0.2, -0.15) is 0 Å². The minimum Gasteiger partial charge on any atom is -0.454 e. The average molecular weight is 359 g/mol. The monoisotopic (exact) mass is 359 g/mol. The minimum absolute atomic E-state index is 0.203. The minimum atomic E-state index is 0.203. The van der Waals surface area contributed by atoms with Gasteiger partial charge in [0.1, 0.15) is 0 Å². The van der Waals surface area contributed by atoms with E-state index >= 15 is 0 Å². The fraction of sp³-hybridized carbons (Fsp3) is 0.261. The Kier molecular flexibility index (Phi) is 3.97. The van der Waals surface area contributed by atoms with E-state index in [1.54, 1.807) is 0 Å². The number of carbonyl (C=O) groups excluding carboxylic acids is 1. The third kappa shape index (κ3) is 3.01. The first kappa shape index (κ1) is 16.2. The molecule has 4 nitrogen and oxygen atoms in total. The zero-order valence-electron chi connectivity index (χ0n) is 15.1. The molecular formula is C23H21NO3. The van der Waals surface area contributed by atoms with Crippen molar-refractivity contribution in [2.24, 2.45) is 0 Å². The lowest BCUT2D eigenvalue weighted by Crippen LogP contribution is -2.29. The highest BCUT2D eigenvalue weighted by Gasteiger charge is 2.28. The molecule has 0 bridgehead atoms. The molecule has 0 radical (unpaired) electrons. The van der Waals surface area contributed by atoms with Crippen LogP contribution in [0.1, 0.15) is 23.5 Å². The van der Waals surface area contributed by atoms with E-state index < -0.39 is 0 Å². The average Bonchev–Trinajstić information content (AvgIpc) is 3.37. The molecule has 1 atom stereocenters. The van der Waals surface area contributed by atoms with E-state index in [0.717, 1.165) is 36.6 Å². The molecule has 0 aromatic heterocycles. The van der Waals surface area contributed by atoms with Gasteiger partial charge in [-0.15, -0.1) is 0 Å². The van der Waals surface area contributed by atoms with Gasteiger partial charge in [0.25, 0.3) is 0 Å². The third-order valence-electron chi connectivity index (χ3n) is 5.63. The summed E-state index contributed by atoms with van der Waals surface area (Å²) in [6, 6.07) is 20.6. The maximum Gasteiger partial charge on any atom is 0.231 e. The molecule has 136 valence electrons. The van der Waals surface area contributed by atoms with E-state index in [2.05, 4.69) is 36.4 Å². The molecule has 2 heterocycles. The van der Waals surface area contributed by atoms with Crippen LogP contribution in [0, 0.1) is 0 Å². The van der Waals surface area contributed by atoms with Gasteiger partial charge in [-0.05, 0) is 40.5 Å². The van der Waals surface area contributed by atoms with Gasteiger partial charge in [0, 0.05) is 19.0 Å². The van der Waals surface area contributed by atoms with Crippen LogP contribution in [0.4, 0.5) is 0 Å². The number of hydrogen-bond donors (Lipinski definition) is 0. The molecule has 0 aliphatic carbocycles. The molecule has 4 heteroatoms. The van der Waals surface area contributed by atoms with E-state index in [0.29, 0.717) is 19.1 Å². The Labute approximate surface area is 158 Å². The van der Waals surface area contributed by atoms with Crippen LogP contribution in [-0.4, -0.2) is 30.7 Å². The first-order chi connectivity index (χ1) is 13.3. The van der Waals surface area contributed by atoms with Crippen LogP contribution in [0.15, 0.2) is 60.7 Å². The lowest BCUT2D eigenvalue weighted by Gasteiger charge is -2.17. The maximum absolute atomic E-state index is 12.9. The summed E-state index contributed by atoms with van der Waals surface area (Å²) in [7, 11) is 0. The fourth-order valence-corrected chi connectivity index (χ4v) is 4.15. The molecule has 1 saturated heterocycles. The van der Waals surface area contributed by atoms with Gasteiger partial charge in [0.05, 0.1) is 6.42 Å². The number of rotatable bonds is 3. The number of likely N-dealkylation sites (tertiary alicyclic amines) is 1. The van der Waals surface area contributed by atoms with Gasteiger partial charge in [0.15, 0.2) is 11.5 Å². The highest BCUT2D eigenvalue weighted by Crippen LogP contribution is 2.37. The van der Waals surface area contributed by atoms with E-state index in [1.807, 2.05) is 29.2 Å². The van der Waals surface area contributed by atoms with Crippen molar-refractivity contribution in [3.63, 3.8) is 0 Å². The van der Waals surface area contributed by atoms with Gasteiger partial charge in [-0.3, -0.25) is 4.79 Å². The first-order valence-electron chi connectivity index (χ1n) is 9.42. The molecule has 2 aliphatic rings. The molecule has 3 aromatic carbocycles. The number of fused-ring (bicyclic) bond motifs is 2. The largest absolute Gasteiger partial charge is 0.454 e. The smallest absolute Gasteiger partial charge is 0.231 e. The predicted molar refractivity (Wildman–Crippen MR) is 104 cm³/mol. The molecule has 1 fully saturated rings. The molecule has 2 aliphatic heterocycles. The second kappa shape index (κ2) is 6.62. The number of nitrogens with zero attached hydrogens (tertiary/aromatic N) is 1. The van der Waals surface area contributed by atoms with Crippen molar-refractivity contribution >= 4 is 16.7 Å². The maximum atomic E-state index is 12.9. The zero-order chi connectivity index (χ0) is 18.2. The zero-order valence-corrected chi connectivity index (χ0v) is 15.1. The van der Waals surface area contributed by atoms with Gasteiger partial charge in [0.2, 0.25) is 12.7 Å². The van der Waals surface area contributed by atoms with Crippen molar-refractivity contribution in [2.45, 2.75) is 18.8 Å². The van der Waals surface area contributed by atoms with Gasteiger partial charge < -0.3 is 14.4 Å². The second-order valence-corrected chi connectivity index (χ2v) is 7.25. The Morgan fingerprint density at radius 3 is 2.81 bits per heavy atom. The molecular weight excluding hydrogens is 338 g/mol. The summed E-state index contributed by atoms with van der Waals surface area (Å²) in [5.74, 6) is 2.18. The number of amides is 1. The van der Waals surface area contributed by atoms with Crippen LogP contribution in [0.25, 0.3) is 10.8 Å². The Hall–Kier alpha value is -3.01. The van der Waals surface area contributed by atoms with Crippen molar-refractivity contribution in [3.05, 3.63) is 71.8 Å². The third-order valence-corrected chi connectivity index (χ3v) is 5.63. The quantitative estimate of drug-likeness (QED) is 0.706. The summed E-state index contributed by atoms with van der Waals surface area (Å²) >= 11 is 0. The summed E-state index contributed by atoms with van der Waals surface area (Å²) in [6.45, 7) is 1.87. The molecule has 5 rings (SSSR count). The highest BCUT2D eigenvalue weighted by atomic mass is 16.7. The second-order valence-electron chi connectivity index (χ2n) is 7.25. The van der Waals surface area contributed by atoms with Gasteiger partial charge in [-0.25, -0.2) is 0 Å². The number of carbonyl (C=O) groups is 1. The standard InChI is InChI=1S/C23H21NO3/c25-23(13-18-6-3-5-16-4-1-2-7-20(16)18)24-11-10-19(14-24)17-8-9-21-22(12-17)27-15-26-21/h1-9,12,19H,10-11,13-15H2. The lowest BCUT2D eigenvalue weighted by molar-refractivity contribution is -0.129. The topological polar surface area (TPSA) is 38.8 Å². The number of benzene rings is 3. The summed E-state index contributed by atoms with van der Waals surface area (Å²) in [4.78, 5) is 14.9. The first-order valence-corrected chi connectivity index (χ1v) is 9.42. The highest BCUT2D eigenvalue weighted by molar-refractivity contribution is 5.90. The molecule has 0 spiro atoms. The Morgan fingerprint density at radius 2 is 1.85 bits per heavy atom. The summed E-state index contributed by atoms with van der Waals surface area (Å²) < 4.78 is 10.9. The number of hydrogen-bond acceptors (Lipinski definition) is 3. The Balaban J connectivity index is 1.30. The van der Waals surface area contributed by atoms with Crippen molar-refractivity contribution in [1.82, 2.24) is 4.90 Å². The predicted octanol–water partition coefficient (Wildman–Crippen LogP) is 4.13. The normalized spacial score (nSPS) is 18.2. The summed E-state index contributed by atoms with van der Waals surface area (Å²) in [6.07, 6.45) is 1.44.